The maximum atomic E-state index is 16.2. The molecule has 15 rings (SSSR count). The molecule has 10 aliphatic rings. The van der Waals surface area contributed by atoms with Crippen LogP contribution in [-0.2, 0) is 47.8 Å². The van der Waals surface area contributed by atoms with E-state index in [0.29, 0.717) is 11.8 Å². The van der Waals surface area contributed by atoms with Crippen LogP contribution in [0.4, 0.5) is 0 Å². The standard InChI is InChI=1S/C73H86ClN11O18/c1-30(2)16-46(77-7)66(93)84-60-62(90)37-11-15-50(45(74)23-37)102-52-25-40-24-51(63(52)91)101-42-12-8-35(9-13-42)64(103-54-29-73(5,75)65(92)31(3)100-54)61-72(99)83-59(70(97)80-56-38-18-33-17-34(20-38)21-39(56)19-33)44-26-41(86)27-49(88)55(44)43-22-36(10-14-48(43)87)57(68(95)85-61)82-69(96)58(40)81-67(94)47(79-71(60)98)28-53(89)78-32(4)76-6/h8-15,22-27,30-31,33-34,38-39,46-47,54,56-62,64-65,76-77,86-88,90-92H,4,16-21,28-29,75H2,1-3,5-7H3,(H,78,89)(H,79,98)(H,80,97)(H,81,94)(H,82,96)(H,83,99)(H,84,93)(H,85,95)/t31?,33?,34?,38?,39?,46-,47+,54?,56?,57-,58-,59+,60-,61+,62-,64-,65?,73?/m1/s1. The first kappa shape index (κ1) is 73.0. The number of nitrogens with two attached hydrogens (primary N) is 1. The number of carbonyl (C=O) groups is 8. The van der Waals surface area contributed by atoms with Crippen LogP contribution in [0.5, 0.6) is 46.0 Å². The van der Waals surface area contributed by atoms with Gasteiger partial charge in [0.2, 0.25) is 53.0 Å². The Morgan fingerprint density at radius 2 is 1.36 bits per heavy atom. The summed E-state index contributed by atoms with van der Waals surface area (Å²) in [5, 5.41) is 98.4. The largest absolute Gasteiger partial charge is 0.508 e. The van der Waals surface area contributed by atoms with Crippen LogP contribution < -0.4 is 68.4 Å². The van der Waals surface area contributed by atoms with Gasteiger partial charge in [-0.1, -0.05) is 56.3 Å². The van der Waals surface area contributed by atoms with E-state index < -0.39 is 167 Å². The molecule has 548 valence electrons. The molecule has 0 aromatic heterocycles. The second kappa shape index (κ2) is 29.5. The number of carbonyl (C=O) groups excluding carboxylic acids is 8. The SMILES string of the molecule is C=C(NC)NC(=O)C[C@@H]1NC(=O)[C@H](NC(=O)[C@@H](CC(C)C)NC)[C@H](O)c2ccc(c(Cl)c2)Oc2cc3cc(c2O)Oc2ccc(cc2)[C@@H](OC2CC(C)(N)C(O)C(C)O2)[C@@H]2NC(=O)[C@H](NC(=O)[C@@H]3NC1=O)c1ccc(O)c(c1)-c1c(O)cc(O)cc1[C@@H](C(=O)NC1C3CC4CC(C3)CC1C4)NC2=O. The predicted octanol–water partition coefficient (Wildman–Crippen LogP) is 4.16. The fraction of sp³-hybridized carbons (Fsp3) is 0.452. The predicted molar refractivity (Wildman–Crippen MR) is 370 cm³/mol. The molecule has 13 atom stereocenters. The van der Waals surface area contributed by atoms with Crippen molar-refractivity contribution in [2.24, 2.45) is 35.3 Å². The van der Waals surface area contributed by atoms with E-state index in [1.807, 2.05) is 13.8 Å². The lowest BCUT2D eigenvalue weighted by Crippen LogP contribution is -2.61. The van der Waals surface area contributed by atoms with Crippen molar-refractivity contribution in [2.75, 3.05) is 14.1 Å². The Bertz CT molecular complexity index is 4170. The zero-order valence-corrected chi connectivity index (χ0v) is 58.1. The molecule has 5 aromatic rings. The van der Waals surface area contributed by atoms with Gasteiger partial charge < -0.3 is 108 Å². The van der Waals surface area contributed by atoms with Gasteiger partial charge in [-0.15, -0.1) is 0 Å². The molecule has 5 aromatic carbocycles. The first-order chi connectivity index (χ1) is 48.9. The minimum absolute atomic E-state index is 0.0416. The number of likely N-dealkylation sites (N-methyl/N-ethyl adjacent to an activating group) is 1. The number of amides is 8. The molecule has 0 spiro atoms. The molecule has 8 amide bonds. The number of benzene rings is 5. The van der Waals surface area contributed by atoms with Crippen LogP contribution in [0.25, 0.3) is 11.1 Å². The van der Waals surface area contributed by atoms with Crippen LogP contribution >= 0.6 is 11.6 Å². The molecule has 29 nitrogen and oxygen atoms in total. The van der Waals surface area contributed by atoms with E-state index in [-0.39, 0.29) is 97.9 Å². The van der Waals surface area contributed by atoms with E-state index in [9.17, 15) is 40.2 Å². The molecule has 30 heteroatoms. The summed E-state index contributed by atoms with van der Waals surface area (Å²) in [4.78, 5) is 123. The average molecular weight is 1440 g/mol. The van der Waals surface area contributed by atoms with E-state index in [4.69, 9.17) is 36.3 Å². The van der Waals surface area contributed by atoms with Crippen LogP contribution in [0.15, 0.2) is 97.3 Å². The third-order valence-corrected chi connectivity index (χ3v) is 21.1. The number of aromatic hydroxyl groups is 4. The quantitative estimate of drug-likeness (QED) is 0.0787. The van der Waals surface area contributed by atoms with Gasteiger partial charge in [0.1, 0.15) is 77.2 Å². The monoisotopic (exact) mass is 1440 g/mol. The van der Waals surface area contributed by atoms with Gasteiger partial charge in [-0.3, -0.25) is 38.4 Å². The van der Waals surface area contributed by atoms with Crippen LogP contribution in [0.1, 0.15) is 137 Å². The number of hydrogen-bond donors (Lipinski definition) is 17. The lowest BCUT2D eigenvalue weighted by molar-refractivity contribution is -0.255. The molecular weight excluding hydrogens is 1350 g/mol. The number of ether oxygens (including phenoxy) is 4. The number of aliphatic hydroxyl groups is 2. The van der Waals surface area contributed by atoms with Crippen LogP contribution in [0.3, 0.4) is 0 Å². The van der Waals surface area contributed by atoms with Crippen molar-refractivity contribution < 1.29 is 87.9 Å². The second-order valence-corrected chi connectivity index (χ2v) is 29.1. The molecule has 0 radical (unpaired) electrons. The molecule has 4 aliphatic carbocycles. The summed E-state index contributed by atoms with van der Waals surface area (Å²) in [6.45, 7) is 10.6. The molecular formula is C73H86ClN11O18. The van der Waals surface area contributed by atoms with Gasteiger partial charge >= 0.3 is 0 Å². The molecule has 4 saturated carbocycles. The summed E-state index contributed by atoms with van der Waals surface area (Å²) < 4.78 is 25.8. The summed E-state index contributed by atoms with van der Waals surface area (Å²) in [5.41, 5.74) is 4.12. The highest BCUT2D eigenvalue weighted by Crippen LogP contribution is 2.54. The summed E-state index contributed by atoms with van der Waals surface area (Å²) in [6.07, 6.45) is -3.45. The van der Waals surface area contributed by atoms with Gasteiger partial charge in [-0.05, 0) is 171 Å². The Hall–Kier alpha value is -9.75. The topological polar surface area (TPSA) is 441 Å². The van der Waals surface area contributed by atoms with E-state index in [1.54, 1.807) is 13.8 Å². The van der Waals surface area contributed by atoms with Crippen molar-refractivity contribution in [2.45, 2.75) is 164 Å². The lowest BCUT2D eigenvalue weighted by Gasteiger charge is -2.54. The van der Waals surface area contributed by atoms with E-state index >= 15 is 28.8 Å². The maximum Gasteiger partial charge on any atom is 0.248 e. The Labute approximate surface area is 597 Å². The minimum Gasteiger partial charge on any atom is -0.508 e. The summed E-state index contributed by atoms with van der Waals surface area (Å²) in [5.74, 6) is -11.2. The minimum atomic E-state index is -2.16. The normalized spacial score (nSPS) is 29.8. The van der Waals surface area contributed by atoms with Crippen molar-refractivity contribution in [3.63, 3.8) is 0 Å². The van der Waals surface area contributed by atoms with Gasteiger partial charge in [0, 0.05) is 42.2 Å². The van der Waals surface area contributed by atoms with Gasteiger partial charge in [-0.25, -0.2) is 0 Å². The highest BCUT2D eigenvalue weighted by atomic mass is 35.5. The average Bonchev–Trinajstić information content (AvgIpc) is 0.758. The number of halogens is 1. The molecule has 103 heavy (non-hydrogen) atoms. The number of fused-ring (bicyclic) bond motifs is 15. The smallest absolute Gasteiger partial charge is 0.248 e. The van der Waals surface area contributed by atoms with Gasteiger partial charge in [0.15, 0.2) is 17.8 Å². The number of phenolic OH excluding ortho intramolecular Hbond substituents is 4. The molecule has 18 N–H and O–H groups in total. The molecule has 15 bridgehead atoms. The Kier molecular flexibility index (Phi) is 20.9. The number of hydrogen-bond acceptors (Lipinski definition) is 21. The van der Waals surface area contributed by atoms with Crippen LogP contribution in [0, 0.1) is 29.6 Å². The Morgan fingerprint density at radius 1 is 0.718 bits per heavy atom. The van der Waals surface area contributed by atoms with Crippen molar-refractivity contribution >= 4 is 58.9 Å². The maximum absolute atomic E-state index is 16.2. The van der Waals surface area contributed by atoms with Gasteiger partial charge in [0.05, 0.1) is 35.5 Å². The van der Waals surface area contributed by atoms with Gasteiger partial charge in [-0.2, -0.15) is 0 Å². The van der Waals surface area contributed by atoms with Crippen molar-refractivity contribution in [3.8, 4) is 57.1 Å². The lowest BCUT2D eigenvalue weighted by atomic mass is 9.54. The molecule has 1 saturated heterocycles. The van der Waals surface area contributed by atoms with E-state index in [1.165, 1.54) is 68.7 Å². The van der Waals surface area contributed by atoms with E-state index in [2.05, 4.69) is 59.7 Å². The fourth-order valence-electron chi connectivity index (χ4n) is 15.7. The van der Waals surface area contributed by atoms with Crippen molar-refractivity contribution in [1.29, 1.82) is 0 Å². The number of phenols is 4. The van der Waals surface area contributed by atoms with Crippen LogP contribution in [-0.4, -0.2) is 146 Å². The number of rotatable bonds is 13. The number of aliphatic hydroxyl groups excluding tert-OH is 2. The molecule has 6 aliphatic heterocycles. The summed E-state index contributed by atoms with van der Waals surface area (Å²) in [7, 11) is 2.97. The Morgan fingerprint density at radius 3 is 2.01 bits per heavy atom. The third kappa shape index (κ3) is 15.3. The number of nitrogens with one attached hydrogen (secondary N) is 10. The zero-order valence-electron chi connectivity index (χ0n) is 57.4. The zero-order chi connectivity index (χ0) is 73.8. The summed E-state index contributed by atoms with van der Waals surface area (Å²) in [6, 6.07) is 4.16. The Balaban J connectivity index is 1.04. The second-order valence-electron chi connectivity index (χ2n) is 28.7. The highest BCUT2D eigenvalue weighted by molar-refractivity contribution is 6.32. The summed E-state index contributed by atoms with van der Waals surface area (Å²) >= 11 is 6.94. The van der Waals surface area contributed by atoms with Crippen LogP contribution in [0.2, 0.25) is 5.02 Å². The van der Waals surface area contributed by atoms with E-state index in [0.717, 1.165) is 62.4 Å². The molecule has 4 unspecified atom stereocenters. The third-order valence-electron chi connectivity index (χ3n) is 20.8. The first-order valence-electron chi connectivity index (χ1n) is 34.4. The molecule has 5 fully saturated rings. The molecule has 6 heterocycles. The fourth-order valence-corrected chi connectivity index (χ4v) is 16.0. The highest BCUT2D eigenvalue weighted by Gasteiger charge is 2.51. The first-order valence-corrected chi connectivity index (χ1v) is 34.8. The van der Waals surface area contributed by atoms with Crippen molar-refractivity contribution in [3.05, 3.63) is 130 Å². The van der Waals surface area contributed by atoms with Gasteiger partial charge in [0.25, 0.3) is 0 Å². The van der Waals surface area contributed by atoms with Crippen molar-refractivity contribution in [1.82, 2.24) is 53.2 Å².